The Morgan fingerprint density at radius 2 is 1.55 bits per heavy atom. The van der Waals surface area contributed by atoms with Crippen molar-refractivity contribution in [1.29, 1.82) is 0 Å². The first-order valence-electron chi connectivity index (χ1n) is 7.31. The fourth-order valence-electron chi connectivity index (χ4n) is 2.90. The highest BCUT2D eigenvalue weighted by Crippen LogP contribution is 2.54. The van der Waals surface area contributed by atoms with Crippen molar-refractivity contribution in [1.82, 2.24) is 0 Å². The van der Waals surface area contributed by atoms with E-state index >= 15 is 0 Å². The summed E-state index contributed by atoms with van der Waals surface area (Å²) < 4.78 is 0. The van der Waals surface area contributed by atoms with E-state index in [2.05, 4.69) is 63.2 Å². The van der Waals surface area contributed by atoms with Gasteiger partial charge in [0.25, 0.3) is 0 Å². The number of rotatable bonds is 2. The van der Waals surface area contributed by atoms with Crippen molar-refractivity contribution in [3.8, 4) is 0 Å². The van der Waals surface area contributed by atoms with Gasteiger partial charge in [-0.05, 0) is 52.5 Å². The molecule has 3 rings (SSSR count). The van der Waals surface area contributed by atoms with Crippen molar-refractivity contribution in [3.63, 3.8) is 0 Å². The quantitative estimate of drug-likeness (QED) is 0.643. The third-order valence-corrected chi connectivity index (χ3v) is 4.51. The van der Waals surface area contributed by atoms with Gasteiger partial charge < -0.3 is 0 Å². The predicted molar refractivity (Wildman–Crippen MR) is 86.7 cm³/mol. The predicted octanol–water partition coefficient (Wildman–Crippen LogP) is 5.91. The normalized spacial score (nSPS) is 21.8. The molecule has 20 heavy (non-hydrogen) atoms. The van der Waals surface area contributed by atoms with Gasteiger partial charge in [0.2, 0.25) is 0 Å². The van der Waals surface area contributed by atoms with Crippen LogP contribution in [0.3, 0.4) is 0 Å². The Morgan fingerprint density at radius 1 is 0.900 bits per heavy atom. The Balaban J connectivity index is 1.76. The minimum absolute atomic E-state index is 0.231. The van der Waals surface area contributed by atoms with E-state index in [1.807, 2.05) is 6.07 Å². The van der Waals surface area contributed by atoms with Gasteiger partial charge in [0.15, 0.2) is 0 Å². The zero-order chi connectivity index (χ0) is 14.3. The molecule has 1 heteroatoms. The second kappa shape index (κ2) is 4.93. The maximum atomic E-state index is 6.08. The van der Waals surface area contributed by atoms with Gasteiger partial charge in [0, 0.05) is 5.02 Å². The van der Waals surface area contributed by atoms with Crippen LogP contribution < -0.4 is 0 Å². The molecule has 0 saturated heterocycles. The van der Waals surface area contributed by atoms with Crippen LogP contribution in [0.5, 0.6) is 0 Å². The SMILES string of the molecule is CC(C)(C)c1ccc([C@H]2C[C@H]2c2cccc(Cl)c2)cc1. The average molecular weight is 285 g/mol. The van der Waals surface area contributed by atoms with E-state index < -0.39 is 0 Å². The van der Waals surface area contributed by atoms with Crippen molar-refractivity contribution in [3.05, 3.63) is 70.2 Å². The van der Waals surface area contributed by atoms with Gasteiger partial charge in [-0.25, -0.2) is 0 Å². The van der Waals surface area contributed by atoms with E-state index in [0.29, 0.717) is 11.8 Å². The van der Waals surface area contributed by atoms with E-state index in [-0.39, 0.29) is 5.41 Å². The second-order valence-electron chi connectivity index (χ2n) is 6.88. The first-order valence-corrected chi connectivity index (χ1v) is 7.69. The fraction of sp³-hybridized carbons (Fsp3) is 0.368. The third kappa shape index (κ3) is 2.76. The molecule has 0 unspecified atom stereocenters. The second-order valence-corrected chi connectivity index (χ2v) is 7.31. The number of hydrogen-bond acceptors (Lipinski definition) is 0. The fourth-order valence-corrected chi connectivity index (χ4v) is 3.10. The molecule has 0 amide bonds. The largest absolute Gasteiger partial charge is 0.0843 e. The summed E-state index contributed by atoms with van der Waals surface area (Å²) in [5, 5.41) is 0.844. The lowest BCUT2D eigenvalue weighted by Gasteiger charge is -2.19. The van der Waals surface area contributed by atoms with Gasteiger partial charge in [0.1, 0.15) is 0 Å². The molecule has 0 radical (unpaired) electrons. The molecule has 2 atom stereocenters. The minimum atomic E-state index is 0.231. The molecule has 0 bridgehead atoms. The van der Waals surface area contributed by atoms with E-state index in [1.165, 1.54) is 23.1 Å². The molecular weight excluding hydrogens is 264 g/mol. The molecule has 0 nitrogen and oxygen atoms in total. The number of hydrogen-bond donors (Lipinski definition) is 0. The highest BCUT2D eigenvalue weighted by atomic mass is 35.5. The maximum absolute atomic E-state index is 6.08. The van der Waals surface area contributed by atoms with Gasteiger partial charge in [-0.2, -0.15) is 0 Å². The summed E-state index contributed by atoms with van der Waals surface area (Å²) >= 11 is 6.08. The van der Waals surface area contributed by atoms with Gasteiger partial charge in [-0.3, -0.25) is 0 Å². The van der Waals surface area contributed by atoms with E-state index in [4.69, 9.17) is 11.6 Å². The van der Waals surface area contributed by atoms with E-state index in [9.17, 15) is 0 Å². The Bertz CT molecular complexity index is 604. The van der Waals surface area contributed by atoms with Crippen LogP contribution in [0.15, 0.2) is 48.5 Å². The molecule has 2 aromatic carbocycles. The topological polar surface area (TPSA) is 0 Å². The first kappa shape index (κ1) is 13.7. The van der Waals surface area contributed by atoms with Crippen LogP contribution in [0.25, 0.3) is 0 Å². The standard InChI is InChI=1S/C19H21Cl/c1-19(2,3)15-9-7-13(8-10-15)17-12-18(17)14-5-4-6-16(20)11-14/h4-11,17-18H,12H2,1-3H3/t17-,18+/m1/s1. The molecule has 1 fully saturated rings. The van der Waals surface area contributed by atoms with Crippen LogP contribution >= 0.6 is 11.6 Å². The summed E-state index contributed by atoms with van der Waals surface area (Å²) in [7, 11) is 0. The number of halogens is 1. The summed E-state index contributed by atoms with van der Waals surface area (Å²) in [5.74, 6) is 1.32. The molecule has 2 aromatic rings. The average Bonchev–Trinajstić information content (AvgIpc) is 3.18. The molecule has 0 N–H and O–H groups in total. The zero-order valence-corrected chi connectivity index (χ0v) is 13.1. The van der Waals surface area contributed by atoms with Crippen LogP contribution in [-0.2, 0) is 5.41 Å². The summed E-state index contributed by atoms with van der Waals surface area (Å²) in [4.78, 5) is 0. The summed E-state index contributed by atoms with van der Waals surface area (Å²) in [6, 6.07) is 17.5. The minimum Gasteiger partial charge on any atom is -0.0843 e. The van der Waals surface area contributed by atoms with Crippen LogP contribution in [0.2, 0.25) is 5.02 Å². The van der Waals surface area contributed by atoms with Gasteiger partial charge >= 0.3 is 0 Å². The van der Waals surface area contributed by atoms with Gasteiger partial charge in [-0.1, -0.05) is 68.8 Å². The van der Waals surface area contributed by atoms with E-state index in [0.717, 1.165) is 5.02 Å². The molecule has 1 saturated carbocycles. The molecular formula is C19H21Cl. The molecule has 1 aliphatic rings. The van der Waals surface area contributed by atoms with Gasteiger partial charge in [-0.15, -0.1) is 0 Å². The lowest BCUT2D eigenvalue weighted by Crippen LogP contribution is -2.10. The summed E-state index contributed by atoms with van der Waals surface area (Å²) in [6.07, 6.45) is 1.25. The van der Waals surface area contributed by atoms with Crippen molar-refractivity contribution < 1.29 is 0 Å². The first-order chi connectivity index (χ1) is 9.45. The smallest absolute Gasteiger partial charge is 0.0408 e. The highest BCUT2D eigenvalue weighted by molar-refractivity contribution is 6.30. The molecule has 1 aliphatic carbocycles. The van der Waals surface area contributed by atoms with Crippen LogP contribution in [0.4, 0.5) is 0 Å². The molecule has 0 heterocycles. The van der Waals surface area contributed by atoms with E-state index in [1.54, 1.807) is 0 Å². The number of benzene rings is 2. The van der Waals surface area contributed by atoms with Crippen molar-refractivity contribution in [2.45, 2.75) is 44.4 Å². The van der Waals surface area contributed by atoms with Crippen molar-refractivity contribution in [2.75, 3.05) is 0 Å². The Labute approximate surface area is 126 Å². The van der Waals surface area contributed by atoms with Crippen molar-refractivity contribution >= 4 is 11.6 Å². The molecule has 0 aliphatic heterocycles. The Morgan fingerprint density at radius 3 is 2.15 bits per heavy atom. The third-order valence-electron chi connectivity index (χ3n) is 4.27. The maximum Gasteiger partial charge on any atom is 0.0408 e. The Hall–Kier alpha value is -1.27. The van der Waals surface area contributed by atoms with Crippen LogP contribution in [0.1, 0.15) is 55.7 Å². The molecule has 0 aromatic heterocycles. The van der Waals surface area contributed by atoms with Gasteiger partial charge in [0.05, 0.1) is 0 Å². The monoisotopic (exact) mass is 284 g/mol. The Kier molecular flexibility index (Phi) is 3.38. The lowest BCUT2D eigenvalue weighted by atomic mass is 9.86. The highest BCUT2D eigenvalue weighted by Gasteiger charge is 2.39. The zero-order valence-electron chi connectivity index (χ0n) is 12.4. The lowest BCUT2D eigenvalue weighted by molar-refractivity contribution is 0.590. The van der Waals surface area contributed by atoms with Crippen LogP contribution in [-0.4, -0.2) is 0 Å². The molecule has 104 valence electrons. The molecule has 0 spiro atoms. The summed E-state index contributed by atoms with van der Waals surface area (Å²) in [5.41, 5.74) is 4.47. The van der Waals surface area contributed by atoms with Crippen molar-refractivity contribution in [2.24, 2.45) is 0 Å². The summed E-state index contributed by atoms with van der Waals surface area (Å²) in [6.45, 7) is 6.77. The van der Waals surface area contributed by atoms with Crippen LogP contribution in [0, 0.1) is 0 Å².